The number of nitrogens with one attached hydrogen (secondary N) is 1. The van der Waals surface area contributed by atoms with Gasteiger partial charge in [-0.15, -0.1) is 0 Å². The Morgan fingerprint density at radius 3 is 2.58 bits per heavy atom. The van der Waals surface area contributed by atoms with Crippen molar-refractivity contribution in [2.45, 2.75) is 45.1 Å². The van der Waals surface area contributed by atoms with Crippen LogP contribution in [-0.4, -0.2) is 29.0 Å². The van der Waals surface area contributed by atoms with E-state index in [4.69, 9.17) is 0 Å². The summed E-state index contributed by atoms with van der Waals surface area (Å²) in [6.45, 7) is 2.39. The van der Waals surface area contributed by atoms with E-state index >= 15 is 0 Å². The Kier molecular flexibility index (Phi) is 4.53. The van der Waals surface area contributed by atoms with E-state index in [9.17, 15) is 9.59 Å². The molecule has 0 saturated heterocycles. The van der Waals surface area contributed by atoms with Gasteiger partial charge < -0.3 is 10.3 Å². The molecule has 5 heteroatoms. The lowest BCUT2D eigenvalue weighted by molar-refractivity contribution is -0.123. The minimum atomic E-state index is 0.0547. The summed E-state index contributed by atoms with van der Waals surface area (Å²) in [6.07, 6.45) is 6.52. The molecular formula is C21H25N3O2. The molecule has 1 saturated carbocycles. The quantitative estimate of drug-likeness (QED) is 0.859. The first kappa shape index (κ1) is 16.9. The van der Waals surface area contributed by atoms with Crippen LogP contribution in [0, 0.1) is 5.92 Å². The van der Waals surface area contributed by atoms with E-state index in [2.05, 4.69) is 17.6 Å². The molecule has 4 rings (SSSR count). The lowest BCUT2D eigenvalue weighted by Gasteiger charge is -2.32. The minimum absolute atomic E-state index is 0.0547. The highest BCUT2D eigenvalue weighted by Crippen LogP contribution is 2.33. The Labute approximate surface area is 154 Å². The van der Waals surface area contributed by atoms with Crippen LogP contribution in [0.5, 0.6) is 0 Å². The fraction of sp³-hybridized carbons (Fsp3) is 0.429. The van der Waals surface area contributed by atoms with Crippen LogP contribution >= 0.6 is 0 Å². The van der Waals surface area contributed by atoms with Crippen molar-refractivity contribution < 1.29 is 9.59 Å². The van der Waals surface area contributed by atoms with E-state index in [0.717, 1.165) is 44.3 Å². The number of aromatic nitrogens is 1. The number of carbonyl (C=O) groups excluding carboxylic acids is 2. The number of carbonyl (C=O) groups is 2. The number of Topliss-reactive ketones (excluding diaryl/α,β-unsaturated/α-hetero) is 1. The third-order valence-corrected chi connectivity index (χ3v) is 5.66. The second-order valence-corrected chi connectivity index (χ2v) is 7.37. The SMILES string of the molecule is CC(=O)c1cccn1NC1CCC(C(=O)N2CCc3ccccc32)CC1. The molecule has 1 aromatic carbocycles. The lowest BCUT2D eigenvalue weighted by atomic mass is 9.85. The van der Waals surface area contributed by atoms with E-state index in [0.29, 0.717) is 11.7 Å². The Bertz CT molecular complexity index is 818. The first-order valence-corrected chi connectivity index (χ1v) is 9.47. The smallest absolute Gasteiger partial charge is 0.230 e. The van der Waals surface area contributed by atoms with Gasteiger partial charge in [0.05, 0.1) is 0 Å². The number of benzene rings is 1. The molecule has 1 aromatic heterocycles. The van der Waals surface area contributed by atoms with Gasteiger partial charge in [0.2, 0.25) is 5.91 Å². The number of nitrogens with zero attached hydrogens (tertiary/aromatic N) is 2. The summed E-state index contributed by atoms with van der Waals surface area (Å²) in [5, 5.41) is 0. The number of fused-ring (bicyclic) bond motifs is 1. The fourth-order valence-electron chi connectivity index (χ4n) is 4.23. The molecule has 2 aliphatic rings. The highest BCUT2D eigenvalue weighted by Gasteiger charge is 2.33. The number of para-hydroxylation sites is 1. The summed E-state index contributed by atoms with van der Waals surface area (Å²) in [4.78, 5) is 26.6. The number of anilines is 1. The molecule has 0 bridgehead atoms. The molecular weight excluding hydrogens is 326 g/mol. The van der Waals surface area contributed by atoms with Gasteiger partial charge >= 0.3 is 0 Å². The summed E-state index contributed by atoms with van der Waals surface area (Å²) in [5.74, 6) is 0.439. The number of hydrogen-bond donors (Lipinski definition) is 1. The Hall–Kier alpha value is -2.56. The highest BCUT2D eigenvalue weighted by atomic mass is 16.2. The average molecular weight is 351 g/mol. The molecule has 5 nitrogen and oxygen atoms in total. The van der Waals surface area contributed by atoms with Crippen LogP contribution in [0.15, 0.2) is 42.6 Å². The lowest BCUT2D eigenvalue weighted by Crippen LogP contribution is -2.40. The Balaban J connectivity index is 1.36. The molecule has 1 aliphatic heterocycles. The van der Waals surface area contributed by atoms with Gasteiger partial charge in [0, 0.05) is 37.3 Å². The molecule has 2 heterocycles. The van der Waals surface area contributed by atoms with Gasteiger partial charge in [-0.25, -0.2) is 0 Å². The van der Waals surface area contributed by atoms with Gasteiger partial charge in [-0.1, -0.05) is 18.2 Å². The summed E-state index contributed by atoms with van der Waals surface area (Å²) < 4.78 is 1.83. The van der Waals surface area contributed by atoms with Crippen molar-refractivity contribution in [3.05, 3.63) is 53.9 Å². The van der Waals surface area contributed by atoms with Crippen LogP contribution < -0.4 is 10.3 Å². The standard InChI is InChI=1S/C21H25N3O2/c1-15(25)19-7-4-13-24(19)22-18-10-8-17(9-11-18)21(26)23-14-12-16-5-2-3-6-20(16)23/h2-7,13,17-18,22H,8-12,14H2,1H3. The minimum Gasteiger partial charge on any atom is -0.323 e. The van der Waals surface area contributed by atoms with Gasteiger partial charge in [0.1, 0.15) is 5.69 Å². The van der Waals surface area contributed by atoms with Crippen molar-refractivity contribution in [2.75, 3.05) is 16.9 Å². The predicted molar refractivity (Wildman–Crippen MR) is 102 cm³/mol. The third kappa shape index (κ3) is 3.14. The summed E-state index contributed by atoms with van der Waals surface area (Å²) in [7, 11) is 0. The van der Waals surface area contributed by atoms with Gasteiger partial charge in [-0.2, -0.15) is 0 Å². The molecule has 1 amide bonds. The van der Waals surface area contributed by atoms with Crippen LogP contribution in [0.4, 0.5) is 5.69 Å². The fourth-order valence-corrected chi connectivity index (χ4v) is 4.23. The summed E-state index contributed by atoms with van der Waals surface area (Å²) in [6, 6.07) is 12.2. The van der Waals surface area contributed by atoms with E-state index in [1.807, 2.05) is 40.0 Å². The van der Waals surface area contributed by atoms with Crippen molar-refractivity contribution >= 4 is 17.4 Å². The van der Waals surface area contributed by atoms with Gasteiger partial charge in [-0.3, -0.25) is 14.3 Å². The third-order valence-electron chi connectivity index (χ3n) is 5.66. The number of rotatable bonds is 4. The topological polar surface area (TPSA) is 54.3 Å². The molecule has 136 valence electrons. The normalized spacial score (nSPS) is 22.1. The molecule has 1 N–H and O–H groups in total. The number of ketones is 1. The van der Waals surface area contributed by atoms with E-state index in [1.165, 1.54) is 5.56 Å². The first-order valence-electron chi connectivity index (χ1n) is 9.47. The van der Waals surface area contributed by atoms with Crippen molar-refractivity contribution in [1.29, 1.82) is 0 Å². The zero-order chi connectivity index (χ0) is 18.1. The van der Waals surface area contributed by atoms with Crippen molar-refractivity contribution in [3.8, 4) is 0 Å². The van der Waals surface area contributed by atoms with Crippen molar-refractivity contribution in [3.63, 3.8) is 0 Å². The summed E-state index contributed by atoms with van der Waals surface area (Å²) >= 11 is 0. The van der Waals surface area contributed by atoms with Crippen molar-refractivity contribution in [1.82, 2.24) is 4.68 Å². The van der Waals surface area contributed by atoms with Crippen LogP contribution in [-0.2, 0) is 11.2 Å². The van der Waals surface area contributed by atoms with Crippen LogP contribution in [0.3, 0.4) is 0 Å². The molecule has 1 fully saturated rings. The predicted octanol–water partition coefficient (Wildman–Crippen LogP) is 3.38. The van der Waals surface area contributed by atoms with Gasteiger partial charge in [0.15, 0.2) is 5.78 Å². The summed E-state index contributed by atoms with van der Waals surface area (Å²) in [5.41, 5.74) is 6.48. The molecule has 26 heavy (non-hydrogen) atoms. The maximum absolute atomic E-state index is 13.0. The Morgan fingerprint density at radius 2 is 1.81 bits per heavy atom. The molecule has 2 aromatic rings. The van der Waals surface area contributed by atoms with Gasteiger partial charge in [-0.05, 0) is 55.9 Å². The zero-order valence-electron chi connectivity index (χ0n) is 15.1. The molecule has 0 spiro atoms. The Morgan fingerprint density at radius 1 is 1.04 bits per heavy atom. The van der Waals surface area contributed by atoms with Crippen LogP contribution in [0.2, 0.25) is 0 Å². The second-order valence-electron chi connectivity index (χ2n) is 7.37. The van der Waals surface area contributed by atoms with E-state index in [-0.39, 0.29) is 17.6 Å². The molecule has 0 radical (unpaired) electrons. The first-order chi connectivity index (χ1) is 12.6. The van der Waals surface area contributed by atoms with Crippen LogP contribution in [0.1, 0.15) is 48.7 Å². The van der Waals surface area contributed by atoms with Gasteiger partial charge in [0.25, 0.3) is 0 Å². The highest BCUT2D eigenvalue weighted by molar-refractivity contribution is 5.97. The molecule has 1 aliphatic carbocycles. The average Bonchev–Trinajstić information content (AvgIpc) is 3.28. The van der Waals surface area contributed by atoms with E-state index < -0.39 is 0 Å². The second kappa shape index (κ2) is 6.98. The number of amides is 1. The largest absolute Gasteiger partial charge is 0.323 e. The van der Waals surface area contributed by atoms with Crippen molar-refractivity contribution in [2.24, 2.45) is 5.92 Å². The maximum Gasteiger partial charge on any atom is 0.230 e. The monoisotopic (exact) mass is 351 g/mol. The zero-order valence-corrected chi connectivity index (χ0v) is 15.1. The maximum atomic E-state index is 13.0. The van der Waals surface area contributed by atoms with E-state index in [1.54, 1.807) is 6.92 Å². The molecule has 0 atom stereocenters. The number of hydrogen-bond acceptors (Lipinski definition) is 3. The molecule has 0 unspecified atom stereocenters. The van der Waals surface area contributed by atoms with Crippen LogP contribution in [0.25, 0.3) is 0 Å².